The number of ether oxygens (including phenoxy) is 2. The van der Waals surface area contributed by atoms with Crippen molar-refractivity contribution in [3.63, 3.8) is 0 Å². The van der Waals surface area contributed by atoms with Crippen LogP contribution in [0.15, 0.2) is 0 Å². The normalized spacial score (nSPS) is 24.7. The molecule has 11 heteroatoms. The monoisotopic (exact) mass is 423 g/mol. The van der Waals surface area contributed by atoms with Gasteiger partial charge < -0.3 is 27.9 Å². The van der Waals surface area contributed by atoms with Gasteiger partial charge >= 0.3 is 14.5 Å². The first kappa shape index (κ1) is 23.6. The minimum Gasteiger partial charge on any atom is -0.450 e. The molecule has 26 heavy (non-hydrogen) atoms. The summed E-state index contributed by atoms with van der Waals surface area (Å²) in [7, 11) is -5.03. The van der Waals surface area contributed by atoms with E-state index in [0.29, 0.717) is 12.5 Å². The van der Waals surface area contributed by atoms with Gasteiger partial charge in [0, 0.05) is 6.61 Å². The minimum atomic E-state index is -2.35. The van der Waals surface area contributed by atoms with E-state index in [-0.39, 0.29) is 6.61 Å². The van der Waals surface area contributed by atoms with Crippen molar-refractivity contribution in [2.45, 2.75) is 70.1 Å². The van der Waals surface area contributed by atoms with Crippen LogP contribution in [0.1, 0.15) is 6.42 Å². The maximum Gasteiger partial charge on any atom is 0.378 e. The van der Waals surface area contributed by atoms with E-state index in [2.05, 4.69) is 39.3 Å². The van der Waals surface area contributed by atoms with E-state index in [1.807, 2.05) is 0 Å². The SMILES string of the molecule is C[Si](C)O[Si](C)(CCCOC1C(=O)C(=O)OC1C(O)CO)O[Si](C)(C)C. The van der Waals surface area contributed by atoms with Crippen LogP contribution in [0.4, 0.5) is 0 Å². The van der Waals surface area contributed by atoms with Crippen molar-refractivity contribution < 1.29 is 37.5 Å². The molecular formula is C15H31O8Si3. The smallest absolute Gasteiger partial charge is 0.378 e. The fourth-order valence-corrected chi connectivity index (χ4v) is 13.7. The van der Waals surface area contributed by atoms with Crippen LogP contribution in [0.3, 0.4) is 0 Å². The quantitative estimate of drug-likeness (QED) is 0.217. The summed E-state index contributed by atoms with van der Waals surface area (Å²) in [6, 6.07) is 0.704. The van der Waals surface area contributed by atoms with Gasteiger partial charge in [0.25, 0.3) is 5.78 Å². The van der Waals surface area contributed by atoms with Crippen molar-refractivity contribution in [3.8, 4) is 0 Å². The highest BCUT2D eigenvalue weighted by Crippen LogP contribution is 2.24. The second kappa shape index (κ2) is 9.68. The van der Waals surface area contributed by atoms with Crippen LogP contribution in [-0.4, -0.2) is 79.4 Å². The van der Waals surface area contributed by atoms with Crippen LogP contribution in [0.2, 0.25) is 45.3 Å². The number of ketones is 1. The van der Waals surface area contributed by atoms with E-state index < -0.39 is 62.6 Å². The topological polar surface area (TPSA) is 112 Å². The predicted molar refractivity (Wildman–Crippen MR) is 102 cm³/mol. The Labute approximate surface area is 158 Å². The number of aliphatic hydroxyl groups is 2. The van der Waals surface area contributed by atoms with Gasteiger partial charge in [-0.2, -0.15) is 0 Å². The van der Waals surface area contributed by atoms with E-state index in [0.717, 1.165) is 0 Å². The number of cyclic esters (lactones) is 1. The lowest BCUT2D eigenvalue weighted by atomic mass is 10.1. The van der Waals surface area contributed by atoms with Gasteiger partial charge in [-0.05, 0) is 51.7 Å². The van der Waals surface area contributed by atoms with Gasteiger partial charge in [0.15, 0.2) is 29.6 Å². The number of aliphatic hydroxyl groups excluding tert-OH is 2. The zero-order valence-electron chi connectivity index (χ0n) is 16.4. The van der Waals surface area contributed by atoms with Crippen molar-refractivity contribution in [2.75, 3.05) is 13.2 Å². The average molecular weight is 424 g/mol. The van der Waals surface area contributed by atoms with E-state index in [1.54, 1.807) is 0 Å². The Hall–Kier alpha value is -0.409. The molecule has 1 saturated heterocycles. The van der Waals surface area contributed by atoms with E-state index in [1.165, 1.54) is 0 Å². The third-order valence-electron chi connectivity index (χ3n) is 3.58. The molecule has 4 unspecified atom stereocenters. The second-order valence-electron chi connectivity index (χ2n) is 7.74. The summed E-state index contributed by atoms with van der Waals surface area (Å²) in [5, 5.41) is 18.7. The molecule has 0 aromatic rings. The highest BCUT2D eigenvalue weighted by molar-refractivity contribution is 6.84. The highest BCUT2D eigenvalue weighted by Gasteiger charge is 2.48. The molecule has 8 nitrogen and oxygen atoms in total. The number of rotatable bonds is 11. The molecule has 0 aromatic heterocycles. The molecule has 1 rings (SSSR count). The molecular weight excluding hydrogens is 392 g/mol. The molecule has 4 atom stereocenters. The van der Waals surface area contributed by atoms with Crippen molar-refractivity contribution >= 4 is 37.7 Å². The maximum atomic E-state index is 11.8. The van der Waals surface area contributed by atoms with Crippen LogP contribution in [-0.2, 0) is 27.3 Å². The van der Waals surface area contributed by atoms with Crippen LogP contribution in [0.5, 0.6) is 0 Å². The third kappa shape index (κ3) is 7.31. The molecule has 0 bridgehead atoms. The fourth-order valence-electron chi connectivity index (χ4n) is 2.87. The van der Waals surface area contributed by atoms with Crippen molar-refractivity contribution in [1.82, 2.24) is 0 Å². The van der Waals surface area contributed by atoms with Gasteiger partial charge in [0.1, 0.15) is 6.10 Å². The molecule has 0 amide bonds. The van der Waals surface area contributed by atoms with Crippen LogP contribution >= 0.6 is 0 Å². The molecule has 0 aliphatic carbocycles. The summed E-state index contributed by atoms with van der Waals surface area (Å²) in [4.78, 5) is 23.3. The first-order valence-corrected chi connectivity index (χ1v) is 17.1. The number of Topliss-reactive ketones (excluding diaryl/α,β-unsaturated/α-hetero) is 1. The highest BCUT2D eigenvalue weighted by atomic mass is 28.5. The molecule has 1 aliphatic rings. The van der Waals surface area contributed by atoms with Gasteiger partial charge in [-0.15, -0.1) is 0 Å². The lowest BCUT2D eigenvalue weighted by Gasteiger charge is -2.35. The molecule has 1 aliphatic heterocycles. The summed E-state index contributed by atoms with van der Waals surface area (Å²) in [5.41, 5.74) is 0. The fraction of sp³-hybridized carbons (Fsp3) is 0.867. The lowest BCUT2D eigenvalue weighted by Crippen LogP contribution is -2.49. The zero-order chi connectivity index (χ0) is 20.1. The summed E-state index contributed by atoms with van der Waals surface area (Å²) >= 11 is 0. The molecule has 1 radical (unpaired) electrons. The van der Waals surface area contributed by atoms with E-state index in [9.17, 15) is 14.7 Å². The van der Waals surface area contributed by atoms with Gasteiger partial charge in [-0.25, -0.2) is 4.79 Å². The summed E-state index contributed by atoms with van der Waals surface area (Å²) in [6.07, 6.45) is -3.10. The third-order valence-corrected chi connectivity index (χ3v) is 12.4. The largest absolute Gasteiger partial charge is 0.450 e. The molecule has 2 N–H and O–H groups in total. The molecule has 0 aromatic carbocycles. The Morgan fingerprint density at radius 1 is 1.23 bits per heavy atom. The van der Waals surface area contributed by atoms with Crippen molar-refractivity contribution in [2.24, 2.45) is 0 Å². The zero-order valence-corrected chi connectivity index (χ0v) is 19.4. The number of esters is 1. The van der Waals surface area contributed by atoms with Crippen LogP contribution < -0.4 is 0 Å². The Kier molecular flexibility index (Phi) is 8.80. The molecule has 151 valence electrons. The molecule has 1 fully saturated rings. The molecule has 0 saturated carbocycles. The van der Waals surface area contributed by atoms with E-state index in [4.69, 9.17) is 22.8 Å². The number of carbonyl (C=O) groups excluding carboxylic acids is 2. The van der Waals surface area contributed by atoms with Crippen LogP contribution in [0, 0.1) is 0 Å². The number of hydrogen-bond acceptors (Lipinski definition) is 8. The Balaban J connectivity index is 2.61. The average Bonchev–Trinajstić information content (AvgIpc) is 2.76. The van der Waals surface area contributed by atoms with Gasteiger partial charge in [-0.3, -0.25) is 4.79 Å². The van der Waals surface area contributed by atoms with Crippen molar-refractivity contribution in [3.05, 3.63) is 0 Å². The molecule has 1 heterocycles. The summed E-state index contributed by atoms with van der Waals surface area (Å²) in [5.74, 6) is -1.87. The maximum absolute atomic E-state index is 11.8. The number of carbonyl (C=O) groups is 2. The minimum absolute atomic E-state index is 0.207. The molecule has 0 spiro atoms. The standard InChI is InChI=1S/C15H31O8Si3/c1-24(2)22-26(6,23-25(3,4)5)9-7-8-20-14-12(18)15(19)21-13(14)11(17)10-16/h11,13-14,16-17H,7-10H2,1-6H3. The van der Waals surface area contributed by atoms with Crippen molar-refractivity contribution in [1.29, 1.82) is 0 Å². The first-order valence-electron chi connectivity index (χ1n) is 8.73. The number of hydrogen-bond donors (Lipinski definition) is 2. The van der Waals surface area contributed by atoms with Gasteiger partial charge in [-0.1, -0.05) is 0 Å². The first-order chi connectivity index (χ1) is 11.9. The van der Waals surface area contributed by atoms with Gasteiger partial charge in [0.05, 0.1) is 6.61 Å². The summed E-state index contributed by atoms with van der Waals surface area (Å²) in [6.45, 7) is 12.1. The van der Waals surface area contributed by atoms with Gasteiger partial charge in [0.2, 0.25) is 0 Å². The summed E-state index contributed by atoms with van der Waals surface area (Å²) < 4.78 is 22.8. The second-order valence-corrected chi connectivity index (χ2v) is 18.2. The lowest BCUT2D eigenvalue weighted by molar-refractivity contribution is -0.152. The Morgan fingerprint density at radius 2 is 1.85 bits per heavy atom. The Morgan fingerprint density at radius 3 is 2.35 bits per heavy atom. The van der Waals surface area contributed by atoms with Crippen LogP contribution in [0.25, 0.3) is 0 Å². The van der Waals surface area contributed by atoms with E-state index >= 15 is 0 Å². The Bertz CT molecular complexity index is 496. The predicted octanol–water partition coefficient (Wildman–Crippen LogP) is 0.801.